The molecule has 0 unspecified atom stereocenters. The van der Waals surface area contributed by atoms with Crippen LogP contribution in [0.5, 0.6) is 0 Å². The molecule has 3 fully saturated rings. The summed E-state index contributed by atoms with van der Waals surface area (Å²) in [6, 6.07) is 25.3. The molecule has 206 valence electrons. The molecule has 0 N–H and O–H groups in total. The highest BCUT2D eigenvalue weighted by molar-refractivity contribution is 6.24. The van der Waals surface area contributed by atoms with Gasteiger partial charge in [0.15, 0.2) is 0 Å². The van der Waals surface area contributed by atoms with E-state index in [0.29, 0.717) is 25.1 Å². The van der Waals surface area contributed by atoms with Crippen LogP contribution < -0.4 is 4.90 Å². The summed E-state index contributed by atoms with van der Waals surface area (Å²) in [5, 5.41) is 0.824. The molecular formula is C33H29N3O5. The number of para-hydroxylation sites is 2. The van der Waals surface area contributed by atoms with Crippen molar-refractivity contribution in [2.24, 2.45) is 11.8 Å². The van der Waals surface area contributed by atoms with Gasteiger partial charge in [-0.05, 0) is 48.7 Å². The molecule has 3 aromatic carbocycles. The number of aromatic nitrogens is 1. The number of ether oxygens (including phenoxy) is 1. The van der Waals surface area contributed by atoms with Gasteiger partial charge in [-0.2, -0.15) is 0 Å². The van der Waals surface area contributed by atoms with E-state index in [0.717, 1.165) is 22.0 Å². The van der Waals surface area contributed by atoms with Gasteiger partial charge in [-0.1, -0.05) is 66.7 Å². The maximum absolute atomic E-state index is 14.3. The number of nitrogens with zero attached hydrogens (tertiary/aromatic N) is 3. The van der Waals surface area contributed by atoms with Gasteiger partial charge in [-0.25, -0.2) is 4.90 Å². The second-order valence-electron chi connectivity index (χ2n) is 11.1. The lowest BCUT2D eigenvalue weighted by atomic mass is 9.77. The molecule has 0 saturated carbocycles. The quantitative estimate of drug-likeness (QED) is 0.265. The molecule has 1 aromatic heterocycles. The summed E-state index contributed by atoms with van der Waals surface area (Å²) in [5.74, 6) is -3.07. The number of esters is 1. The predicted octanol–water partition coefficient (Wildman–Crippen LogP) is 4.74. The first kappa shape index (κ1) is 25.4. The van der Waals surface area contributed by atoms with E-state index in [1.165, 1.54) is 11.8 Å². The number of fused-ring (bicyclic) bond motifs is 4. The summed E-state index contributed by atoms with van der Waals surface area (Å²) in [5.41, 5.74) is 1.53. The van der Waals surface area contributed by atoms with Gasteiger partial charge >= 0.3 is 5.97 Å². The van der Waals surface area contributed by atoms with Crippen LogP contribution in [0.1, 0.15) is 41.7 Å². The van der Waals surface area contributed by atoms with Crippen molar-refractivity contribution in [1.82, 2.24) is 9.47 Å². The molecule has 2 amide bonds. The summed E-state index contributed by atoms with van der Waals surface area (Å²) >= 11 is 0. The van der Waals surface area contributed by atoms with Crippen molar-refractivity contribution in [1.29, 1.82) is 0 Å². The van der Waals surface area contributed by atoms with E-state index in [4.69, 9.17) is 4.74 Å². The second kappa shape index (κ2) is 9.52. The van der Waals surface area contributed by atoms with E-state index < -0.39 is 29.4 Å². The van der Waals surface area contributed by atoms with Crippen molar-refractivity contribution in [3.8, 4) is 0 Å². The van der Waals surface area contributed by atoms with Crippen LogP contribution >= 0.6 is 0 Å². The van der Waals surface area contributed by atoms with E-state index in [-0.39, 0.29) is 24.3 Å². The first-order chi connectivity index (χ1) is 19.9. The number of anilines is 1. The lowest BCUT2D eigenvalue weighted by Crippen LogP contribution is -2.54. The minimum Gasteiger partial charge on any atom is -0.459 e. The standard InChI is InChI=1S/C33H29N3O5/c1-21(37)34-19-25(24-15-8-9-16-26(24)34)29-27-28(31(39)36(30(27)38)23-13-6-3-7-14-23)33(17-10-18-35(29)33)32(40)41-20-22-11-4-2-5-12-22/h2-9,11-16,19,27-29H,10,17-18,20H2,1H3/t27-,28+,29-,33-/m1/s1. The topological polar surface area (TPSA) is 88.9 Å². The van der Waals surface area contributed by atoms with Gasteiger partial charge in [0.1, 0.15) is 12.1 Å². The van der Waals surface area contributed by atoms with Crippen LogP contribution in [0.15, 0.2) is 91.1 Å². The Morgan fingerprint density at radius 1 is 0.902 bits per heavy atom. The molecule has 41 heavy (non-hydrogen) atoms. The smallest absolute Gasteiger partial charge is 0.327 e. The number of benzene rings is 3. The van der Waals surface area contributed by atoms with Gasteiger partial charge in [-0.3, -0.25) is 28.6 Å². The van der Waals surface area contributed by atoms with Gasteiger partial charge in [0.25, 0.3) is 0 Å². The Morgan fingerprint density at radius 3 is 2.32 bits per heavy atom. The van der Waals surface area contributed by atoms with Gasteiger partial charge in [0.2, 0.25) is 17.7 Å². The number of imide groups is 1. The summed E-state index contributed by atoms with van der Waals surface area (Å²) in [6.45, 7) is 2.10. The van der Waals surface area contributed by atoms with Crippen LogP contribution in [-0.4, -0.2) is 45.2 Å². The summed E-state index contributed by atoms with van der Waals surface area (Å²) in [6.07, 6.45) is 2.87. The third-order valence-electron chi connectivity index (χ3n) is 8.99. The van der Waals surface area contributed by atoms with Crippen LogP contribution in [0.25, 0.3) is 10.9 Å². The van der Waals surface area contributed by atoms with E-state index >= 15 is 0 Å². The highest BCUT2D eigenvalue weighted by Crippen LogP contribution is 2.60. The highest BCUT2D eigenvalue weighted by atomic mass is 16.5. The monoisotopic (exact) mass is 547 g/mol. The normalized spacial score (nSPS) is 25.5. The van der Waals surface area contributed by atoms with Crippen molar-refractivity contribution in [3.05, 3.63) is 102 Å². The fourth-order valence-corrected chi connectivity index (χ4v) is 7.38. The van der Waals surface area contributed by atoms with Crippen LogP contribution in [0.4, 0.5) is 5.69 Å². The lowest BCUT2D eigenvalue weighted by molar-refractivity contribution is -0.161. The molecule has 0 aliphatic carbocycles. The summed E-state index contributed by atoms with van der Waals surface area (Å²) < 4.78 is 7.53. The van der Waals surface area contributed by atoms with Crippen molar-refractivity contribution >= 4 is 40.3 Å². The molecule has 3 saturated heterocycles. The number of amides is 2. The molecular weight excluding hydrogens is 518 g/mol. The Kier molecular flexibility index (Phi) is 5.90. The molecule has 3 aliphatic heterocycles. The maximum atomic E-state index is 14.3. The maximum Gasteiger partial charge on any atom is 0.327 e. The van der Waals surface area contributed by atoms with Gasteiger partial charge in [0.05, 0.1) is 29.1 Å². The van der Waals surface area contributed by atoms with E-state index in [2.05, 4.69) is 0 Å². The zero-order valence-corrected chi connectivity index (χ0v) is 22.6. The molecule has 8 nitrogen and oxygen atoms in total. The molecule has 4 aromatic rings. The predicted molar refractivity (Wildman–Crippen MR) is 152 cm³/mol. The Morgan fingerprint density at radius 2 is 1.59 bits per heavy atom. The minimum atomic E-state index is -1.29. The Hall–Kier alpha value is -4.56. The Bertz CT molecular complexity index is 1700. The first-order valence-electron chi connectivity index (χ1n) is 13.9. The Labute approximate surface area is 237 Å². The average molecular weight is 548 g/mol. The van der Waals surface area contributed by atoms with Crippen LogP contribution in [0.2, 0.25) is 0 Å². The molecule has 4 atom stereocenters. The second-order valence-corrected chi connectivity index (χ2v) is 11.1. The van der Waals surface area contributed by atoms with Crippen molar-refractivity contribution < 1.29 is 23.9 Å². The van der Waals surface area contributed by atoms with E-state index in [1.54, 1.807) is 35.0 Å². The SMILES string of the molecule is CC(=O)n1cc([C@@H]2[C@@H]3C(=O)N(c4ccccc4)C(=O)[C@H]3[C@@]3(C(=O)OCc4ccccc4)CCCN23)c2ccccc21. The van der Waals surface area contributed by atoms with Gasteiger partial charge in [0, 0.05) is 18.5 Å². The third kappa shape index (κ3) is 3.63. The van der Waals surface area contributed by atoms with E-state index in [1.807, 2.05) is 65.6 Å². The number of carbonyl (C=O) groups excluding carboxylic acids is 4. The number of rotatable bonds is 5. The van der Waals surface area contributed by atoms with Crippen molar-refractivity contribution in [3.63, 3.8) is 0 Å². The van der Waals surface area contributed by atoms with Crippen molar-refractivity contribution in [2.75, 3.05) is 11.4 Å². The first-order valence-corrected chi connectivity index (χ1v) is 13.9. The molecule has 8 heteroatoms. The molecule has 0 radical (unpaired) electrons. The fourth-order valence-electron chi connectivity index (χ4n) is 7.38. The zero-order chi connectivity index (χ0) is 28.3. The molecule has 3 aliphatic rings. The minimum absolute atomic E-state index is 0.0749. The van der Waals surface area contributed by atoms with Gasteiger partial charge in [-0.15, -0.1) is 0 Å². The fraction of sp³-hybridized carbons (Fsp3) is 0.273. The van der Waals surface area contributed by atoms with Crippen LogP contribution in [0, 0.1) is 11.8 Å². The number of carbonyl (C=O) groups is 4. The third-order valence-corrected chi connectivity index (χ3v) is 8.99. The van der Waals surface area contributed by atoms with Crippen molar-refractivity contribution in [2.45, 2.75) is 38.0 Å². The average Bonchev–Trinajstić information content (AvgIpc) is 3.72. The van der Waals surface area contributed by atoms with E-state index in [9.17, 15) is 19.2 Å². The molecule has 7 rings (SSSR count). The summed E-state index contributed by atoms with van der Waals surface area (Å²) in [4.78, 5) is 58.7. The number of hydrogen-bond acceptors (Lipinski definition) is 6. The number of hydrogen-bond donors (Lipinski definition) is 0. The summed E-state index contributed by atoms with van der Waals surface area (Å²) in [7, 11) is 0. The Balaban J connectivity index is 1.39. The van der Waals surface area contributed by atoms with Crippen LogP contribution in [0.3, 0.4) is 0 Å². The zero-order valence-electron chi connectivity index (χ0n) is 22.6. The largest absolute Gasteiger partial charge is 0.459 e. The van der Waals surface area contributed by atoms with Gasteiger partial charge < -0.3 is 4.74 Å². The molecule has 0 bridgehead atoms. The highest BCUT2D eigenvalue weighted by Gasteiger charge is 2.74. The molecule has 4 heterocycles. The van der Waals surface area contributed by atoms with Crippen LogP contribution in [-0.2, 0) is 25.7 Å². The lowest BCUT2D eigenvalue weighted by Gasteiger charge is -2.36. The molecule has 0 spiro atoms.